The second kappa shape index (κ2) is 6.61. The zero-order chi connectivity index (χ0) is 18.1. The van der Waals surface area contributed by atoms with Gasteiger partial charge in [0, 0.05) is 17.8 Å². The maximum atomic E-state index is 13.2. The van der Waals surface area contributed by atoms with E-state index < -0.39 is 0 Å². The van der Waals surface area contributed by atoms with Crippen LogP contribution in [0.2, 0.25) is 5.15 Å². The molecule has 0 N–H and O–H groups in total. The minimum atomic E-state index is -0.331. The number of aromatic nitrogens is 3. The van der Waals surface area contributed by atoms with Crippen LogP contribution < -0.4 is 15.2 Å². The molecule has 0 aliphatic heterocycles. The van der Waals surface area contributed by atoms with Gasteiger partial charge in [0.15, 0.2) is 0 Å². The molecule has 0 radical (unpaired) electrons. The van der Waals surface area contributed by atoms with Crippen molar-refractivity contribution >= 4 is 17.2 Å². The van der Waals surface area contributed by atoms with Gasteiger partial charge in [0.1, 0.15) is 17.3 Å². The number of halogens is 1. The van der Waals surface area contributed by atoms with E-state index in [2.05, 4.69) is 4.98 Å². The van der Waals surface area contributed by atoms with E-state index in [1.54, 1.807) is 53.4 Å². The fourth-order valence-corrected chi connectivity index (χ4v) is 3.08. The Morgan fingerprint density at radius 3 is 2.54 bits per heavy atom. The lowest BCUT2D eigenvalue weighted by atomic mass is 10.1. The lowest BCUT2D eigenvalue weighted by Crippen LogP contribution is -2.44. The highest BCUT2D eigenvalue weighted by atomic mass is 35.5. The minimum Gasteiger partial charge on any atom is -0.842 e. The summed E-state index contributed by atoms with van der Waals surface area (Å²) in [6, 6.07) is 17.8. The molecule has 0 unspecified atom stereocenters. The van der Waals surface area contributed by atoms with Crippen LogP contribution in [0.1, 0.15) is 5.56 Å². The number of nitrogens with zero attached hydrogens (tertiary/aromatic N) is 3. The Labute approximate surface area is 154 Å². The van der Waals surface area contributed by atoms with Crippen molar-refractivity contribution in [3.05, 3.63) is 94.1 Å². The first-order valence-corrected chi connectivity index (χ1v) is 8.43. The van der Waals surface area contributed by atoms with Gasteiger partial charge >= 0.3 is 5.56 Å². The summed E-state index contributed by atoms with van der Waals surface area (Å²) >= 11 is 5.84. The molecule has 0 amide bonds. The van der Waals surface area contributed by atoms with E-state index >= 15 is 0 Å². The van der Waals surface area contributed by atoms with Gasteiger partial charge in [0.2, 0.25) is 0 Å². The Bertz CT molecular complexity index is 1140. The highest BCUT2D eigenvalue weighted by Gasteiger charge is 2.19. The third-order valence-electron chi connectivity index (χ3n) is 4.20. The van der Waals surface area contributed by atoms with Crippen molar-refractivity contribution in [3.8, 4) is 17.0 Å². The molecule has 4 rings (SSSR count). The summed E-state index contributed by atoms with van der Waals surface area (Å²) in [7, 11) is 0. The monoisotopic (exact) mass is 363 g/mol. The highest BCUT2D eigenvalue weighted by molar-refractivity contribution is 6.29. The smallest absolute Gasteiger partial charge is 0.349 e. The average molecular weight is 364 g/mol. The molecule has 1 aromatic carbocycles. The highest BCUT2D eigenvalue weighted by Crippen LogP contribution is 2.21. The Balaban J connectivity index is 1.99. The molecule has 128 valence electrons. The van der Waals surface area contributed by atoms with Crippen molar-refractivity contribution in [2.45, 2.75) is 6.54 Å². The van der Waals surface area contributed by atoms with E-state index in [-0.39, 0.29) is 23.5 Å². The maximum Gasteiger partial charge on any atom is 0.349 e. The first-order chi connectivity index (χ1) is 12.6. The number of rotatable bonds is 3. The molecule has 0 aliphatic carbocycles. The van der Waals surface area contributed by atoms with E-state index in [1.807, 2.05) is 24.3 Å². The van der Waals surface area contributed by atoms with Crippen LogP contribution in [0.4, 0.5) is 0 Å². The second-order valence-corrected chi connectivity index (χ2v) is 6.24. The van der Waals surface area contributed by atoms with Crippen molar-refractivity contribution in [1.29, 1.82) is 0 Å². The largest absolute Gasteiger partial charge is 0.842 e. The second-order valence-electron chi connectivity index (χ2n) is 5.86. The first-order valence-electron chi connectivity index (χ1n) is 8.05. The van der Waals surface area contributed by atoms with Crippen LogP contribution >= 0.6 is 11.6 Å². The lowest BCUT2D eigenvalue weighted by Gasteiger charge is -2.17. The van der Waals surface area contributed by atoms with Crippen molar-refractivity contribution in [3.63, 3.8) is 0 Å². The van der Waals surface area contributed by atoms with E-state index in [4.69, 9.17) is 11.6 Å². The molecule has 4 aromatic rings. The van der Waals surface area contributed by atoms with Gasteiger partial charge in [-0.05, 0) is 17.7 Å². The van der Waals surface area contributed by atoms with E-state index in [0.29, 0.717) is 16.4 Å². The van der Waals surface area contributed by atoms with Crippen LogP contribution in [-0.2, 0) is 6.54 Å². The fraction of sp³-hybridized carbons (Fsp3) is 0.0500. The van der Waals surface area contributed by atoms with E-state index in [9.17, 15) is 9.90 Å². The summed E-state index contributed by atoms with van der Waals surface area (Å²) in [6.45, 7) is 0.288. The third-order valence-corrected chi connectivity index (χ3v) is 4.42. The van der Waals surface area contributed by atoms with Crippen molar-refractivity contribution in [1.82, 2.24) is 9.38 Å². The molecular formula is C20H14ClN3O2. The van der Waals surface area contributed by atoms with Crippen LogP contribution in [0.25, 0.3) is 16.8 Å². The van der Waals surface area contributed by atoms with Crippen LogP contribution in [0, 0.1) is 0 Å². The summed E-state index contributed by atoms with van der Waals surface area (Å²) in [5, 5.41) is 13.6. The van der Waals surface area contributed by atoms with Crippen molar-refractivity contribution < 1.29 is 9.67 Å². The quantitative estimate of drug-likeness (QED) is 0.415. The molecule has 3 aromatic heterocycles. The van der Waals surface area contributed by atoms with Gasteiger partial charge in [0.05, 0.1) is 12.1 Å². The third kappa shape index (κ3) is 2.82. The van der Waals surface area contributed by atoms with Gasteiger partial charge in [-0.15, -0.1) is 0 Å². The number of hydrogen-bond donors (Lipinski definition) is 0. The maximum absolute atomic E-state index is 13.2. The van der Waals surface area contributed by atoms with Gasteiger partial charge < -0.3 is 5.11 Å². The normalized spacial score (nSPS) is 11.0. The van der Waals surface area contributed by atoms with Gasteiger partial charge in [-0.1, -0.05) is 54.1 Å². The summed E-state index contributed by atoms with van der Waals surface area (Å²) < 4.78 is 3.07. The van der Waals surface area contributed by atoms with Gasteiger partial charge in [-0.3, -0.25) is 0 Å². The lowest BCUT2D eigenvalue weighted by molar-refractivity contribution is -0.708. The van der Waals surface area contributed by atoms with Crippen molar-refractivity contribution in [2.75, 3.05) is 0 Å². The molecule has 5 nitrogen and oxygen atoms in total. The molecule has 0 aliphatic rings. The summed E-state index contributed by atoms with van der Waals surface area (Å²) in [5.41, 5.74) is 1.76. The number of benzene rings is 1. The number of fused-ring (bicyclic) bond motifs is 1. The van der Waals surface area contributed by atoms with E-state index in [1.165, 1.54) is 4.40 Å². The molecule has 0 saturated carbocycles. The Morgan fingerprint density at radius 2 is 1.81 bits per heavy atom. The predicted octanol–water partition coefficient (Wildman–Crippen LogP) is 2.42. The summed E-state index contributed by atoms with van der Waals surface area (Å²) in [6.07, 6.45) is 3.29. The molecule has 3 heterocycles. The zero-order valence-corrected chi connectivity index (χ0v) is 14.4. The molecule has 0 bridgehead atoms. The van der Waals surface area contributed by atoms with E-state index in [0.717, 1.165) is 5.56 Å². The predicted molar refractivity (Wildman–Crippen MR) is 97.1 cm³/mol. The summed E-state index contributed by atoms with van der Waals surface area (Å²) in [5.74, 6) is -0.331. The van der Waals surface area contributed by atoms with Gasteiger partial charge in [-0.2, -0.15) is 4.40 Å². The zero-order valence-electron chi connectivity index (χ0n) is 13.7. The van der Waals surface area contributed by atoms with Gasteiger partial charge in [0.25, 0.3) is 5.65 Å². The average Bonchev–Trinajstić information content (AvgIpc) is 2.68. The molecule has 26 heavy (non-hydrogen) atoms. The fourth-order valence-electron chi connectivity index (χ4n) is 2.96. The van der Waals surface area contributed by atoms with Crippen LogP contribution in [0.5, 0.6) is 5.88 Å². The number of hydrogen-bond acceptors (Lipinski definition) is 3. The molecule has 0 fully saturated rings. The Hall–Kier alpha value is -3.18. The van der Waals surface area contributed by atoms with Gasteiger partial charge in [-0.25, -0.2) is 14.3 Å². The Kier molecular flexibility index (Phi) is 4.14. The standard InChI is InChI=1S/C20H14ClN3O2/c21-16-10-9-14(12-22-16)13-24-17-8-4-5-11-23(17)19(25)18(20(24)26)15-6-2-1-3-7-15/h1-12H,13H2. The topological polar surface area (TPSA) is 61.3 Å². The molecule has 6 heteroatoms. The van der Waals surface area contributed by atoms with Crippen LogP contribution in [0.3, 0.4) is 0 Å². The van der Waals surface area contributed by atoms with Crippen molar-refractivity contribution in [2.24, 2.45) is 0 Å². The van der Waals surface area contributed by atoms with Crippen LogP contribution in [0.15, 0.2) is 77.9 Å². The first kappa shape index (κ1) is 16.3. The molecule has 0 spiro atoms. The SMILES string of the molecule is O=c1c(-c2ccccc2)c([O-])[n+](Cc2ccc(Cl)nc2)c2ccccn12. The molecule has 0 saturated heterocycles. The molecule has 0 atom stereocenters. The summed E-state index contributed by atoms with van der Waals surface area (Å²) in [4.78, 5) is 17.0. The number of pyridine rings is 2. The van der Waals surface area contributed by atoms with Crippen LogP contribution in [-0.4, -0.2) is 9.38 Å². The minimum absolute atomic E-state index is 0.149. The molecular weight excluding hydrogens is 350 g/mol. The Morgan fingerprint density at radius 1 is 1.04 bits per heavy atom.